The molecule has 3 nitrogen and oxygen atoms in total. The fourth-order valence-corrected chi connectivity index (χ4v) is 2.72. The van der Waals surface area contributed by atoms with E-state index in [0.29, 0.717) is 11.5 Å². The van der Waals surface area contributed by atoms with Crippen LogP contribution in [0, 0.1) is 17.2 Å². The lowest BCUT2D eigenvalue weighted by atomic mass is 9.87. The highest BCUT2D eigenvalue weighted by atomic mass is 79.9. The summed E-state index contributed by atoms with van der Waals surface area (Å²) < 4.78 is 0.975. The molecule has 4 heteroatoms. The highest BCUT2D eigenvalue weighted by molar-refractivity contribution is 9.10. The van der Waals surface area contributed by atoms with E-state index in [1.165, 1.54) is 0 Å². The standard InChI is InChI=1S/C14H17BrN2O/c15-12-4-3-11(8-16)14(7-12)17-9-10-1-5-13(18)6-2-10/h3-4,7,10,13,17-18H,1-2,5-6,9H2. The van der Waals surface area contributed by atoms with Gasteiger partial charge in [-0.3, -0.25) is 0 Å². The third kappa shape index (κ3) is 3.47. The van der Waals surface area contributed by atoms with Crippen molar-refractivity contribution in [2.24, 2.45) is 5.92 Å². The van der Waals surface area contributed by atoms with Gasteiger partial charge in [0.1, 0.15) is 6.07 Å². The molecule has 18 heavy (non-hydrogen) atoms. The molecule has 0 radical (unpaired) electrons. The van der Waals surface area contributed by atoms with Crippen LogP contribution in [0.15, 0.2) is 22.7 Å². The van der Waals surface area contributed by atoms with Crippen LogP contribution in [0.5, 0.6) is 0 Å². The molecule has 1 aliphatic carbocycles. The summed E-state index contributed by atoms with van der Waals surface area (Å²) in [6.45, 7) is 0.873. The van der Waals surface area contributed by atoms with E-state index in [-0.39, 0.29) is 6.10 Å². The van der Waals surface area contributed by atoms with Crippen LogP contribution in [-0.2, 0) is 0 Å². The monoisotopic (exact) mass is 308 g/mol. The molecule has 1 aromatic carbocycles. The van der Waals surface area contributed by atoms with Crippen molar-refractivity contribution < 1.29 is 5.11 Å². The van der Waals surface area contributed by atoms with Crippen molar-refractivity contribution in [2.45, 2.75) is 31.8 Å². The average Bonchev–Trinajstić information content (AvgIpc) is 2.38. The maximum absolute atomic E-state index is 9.46. The molecule has 0 unspecified atom stereocenters. The van der Waals surface area contributed by atoms with Crippen LogP contribution in [0.2, 0.25) is 0 Å². The smallest absolute Gasteiger partial charge is 0.101 e. The molecule has 0 aromatic heterocycles. The minimum atomic E-state index is -0.109. The van der Waals surface area contributed by atoms with E-state index in [1.807, 2.05) is 18.2 Å². The Morgan fingerprint density at radius 1 is 1.33 bits per heavy atom. The zero-order valence-electron chi connectivity index (χ0n) is 10.2. The van der Waals surface area contributed by atoms with Crippen LogP contribution in [0.4, 0.5) is 5.69 Å². The first-order chi connectivity index (χ1) is 8.69. The molecule has 1 fully saturated rings. The minimum absolute atomic E-state index is 0.109. The van der Waals surface area contributed by atoms with Crippen molar-refractivity contribution in [3.63, 3.8) is 0 Å². The van der Waals surface area contributed by atoms with Crippen LogP contribution in [-0.4, -0.2) is 17.8 Å². The average molecular weight is 309 g/mol. The molecule has 1 aromatic rings. The third-order valence-electron chi connectivity index (χ3n) is 3.50. The highest BCUT2D eigenvalue weighted by Crippen LogP contribution is 2.26. The summed E-state index contributed by atoms with van der Waals surface area (Å²) >= 11 is 3.42. The predicted octanol–water partition coefficient (Wildman–Crippen LogP) is 3.28. The number of hydrogen-bond acceptors (Lipinski definition) is 3. The number of nitriles is 1. The lowest BCUT2D eigenvalue weighted by Crippen LogP contribution is -2.23. The fourth-order valence-electron chi connectivity index (χ4n) is 2.36. The summed E-state index contributed by atoms with van der Waals surface area (Å²) in [5.74, 6) is 0.596. The van der Waals surface area contributed by atoms with Crippen molar-refractivity contribution in [2.75, 3.05) is 11.9 Å². The molecule has 0 saturated heterocycles. The van der Waals surface area contributed by atoms with Crippen molar-refractivity contribution in [1.29, 1.82) is 5.26 Å². The van der Waals surface area contributed by atoms with Gasteiger partial charge in [-0.2, -0.15) is 5.26 Å². The third-order valence-corrected chi connectivity index (χ3v) is 3.99. The zero-order valence-corrected chi connectivity index (χ0v) is 11.8. The van der Waals surface area contributed by atoms with E-state index in [0.717, 1.165) is 42.4 Å². The predicted molar refractivity (Wildman–Crippen MR) is 75.3 cm³/mol. The van der Waals surface area contributed by atoms with Gasteiger partial charge < -0.3 is 10.4 Å². The van der Waals surface area contributed by atoms with Crippen molar-refractivity contribution in [3.8, 4) is 6.07 Å². The molecular weight excluding hydrogens is 292 g/mol. The maximum atomic E-state index is 9.46. The van der Waals surface area contributed by atoms with Crippen molar-refractivity contribution in [1.82, 2.24) is 0 Å². The van der Waals surface area contributed by atoms with Crippen LogP contribution in [0.25, 0.3) is 0 Å². The largest absolute Gasteiger partial charge is 0.393 e. The molecule has 2 N–H and O–H groups in total. The van der Waals surface area contributed by atoms with Crippen LogP contribution < -0.4 is 5.32 Å². The van der Waals surface area contributed by atoms with E-state index in [1.54, 1.807) is 0 Å². The molecule has 1 aliphatic rings. The van der Waals surface area contributed by atoms with Gasteiger partial charge in [-0.25, -0.2) is 0 Å². The molecule has 0 spiro atoms. The van der Waals surface area contributed by atoms with Crippen LogP contribution in [0.1, 0.15) is 31.2 Å². The quantitative estimate of drug-likeness (QED) is 0.901. The number of nitrogens with one attached hydrogen (secondary N) is 1. The fraction of sp³-hybridized carbons (Fsp3) is 0.500. The first-order valence-electron chi connectivity index (χ1n) is 6.30. The maximum Gasteiger partial charge on any atom is 0.101 e. The number of benzene rings is 1. The van der Waals surface area contributed by atoms with Gasteiger partial charge in [0.15, 0.2) is 0 Å². The normalized spacial score (nSPS) is 23.4. The van der Waals surface area contributed by atoms with E-state index in [2.05, 4.69) is 27.3 Å². The van der Waals surface area contributed by atoms with Gasteiger partial charge >= 0.3 is 0 Å². The second kappa shape index (κ2) is 6.21. The molecule has 2 rings (SSSR count). The Balaban J connectivity index is 1.94. The van der Waals surface area contributed by atoms with Gasteiger partial charge in [-0.1, -0.05) is 15.9 Å². The van der Waals surface area contributed by atoms with Crippen LogP contribution >= 0.6 is 15.9 Å². The summed E-state index contributed by atoms with van der Waals surface area (Å²) in [6, 6.07) is 7.83. The zero-order chi connectivity index (χ0) is 13.0. The number of nitrogens with zero attached hydrogens (tertiary/aromatic N) is 1. The summed E-state index contributed by atoms with van der Waals surface area (Å²) in [5.41, 5.74) is 1.56. The Labute approximate surface area is 116 Å². The Morgan fingerprint density at radius 3 is 2.72 bits per heavy atom. The van der Waals surface area contributed by atoms with Gasteiger partial charge in [0, 0.05) is 11.0 Å². The van der Waals surface area contributed by atoms with Gasteiger partial charge in [-0.15, -0.1) is 0 Å². The molecule has 0 amide bonds. The number of aliphatic hydroxyl groups excluding tert-OH is 1. The minimum Gasteiger partial charge on any atom is -0.393 e. The van der Waals surface area contributed by atoms with E-state index >= 15 is 0 Å². The molecule has 0 aliphatic heterocycles. The second-order valence-corrected chi connectivity index (χ2v) is 5.77. The highest BCUT2D eigenvalue weighted by Gasteiger charge is 2.19. The summed E-state index contributed by atoms with van der Waals surface area (Å²) in [7, 11) is 0. The lowest BCUT2D eigenvalue weighted by molar-refractivity contribution is 0.111. The second-order valence-electron chi connectivity index (χ2n) is 4.86. The summed E-state index contributed by atoms with van der Waals surface area (Å²) in [5, 5.41) is 21.9. The number of aliphatic hydroxyl groups is 1. The number of rotatable bonds is 3. The van der Waals surface area contributed by atoms with Gasteiger partial charge in [0.2, 0.25) is 0 Å². The molecule has 0 bridgehead atoms. The van der Waals surface area contributed by atoms with E-state index in [4.69, 9.17) is 5.26 Å². The van der Waals surface area contributed by atoms with Crippen molar-refractivity contribution in [3.05, 3.63) is 28.2 Å². The first-order valence-corrected chi connectivity index (χ1v) is 7.10. The van der Waals surface area contributed by atoms with E-state index < -0.39 is 0 Å². The molecule has 1 saturated carbocycles. The summed E-state index contributed by atoms with van der Waals surface area (Å²) in [4.78, 5) is 0. The molecule has 96 valence electrons. The van der Waals surface area contributed by atoms with E-state index in [9.17, 15) is 5.11 Å². The van der Waals surface area contributed by atoms with Crippen LogP contribution in [0.3, 0.4) is 0 Å². The Bertz CT molecular complexity index is 448. The number of anilines is 1. The Hall–Kier alpha value is -1.05. The van der Waals surface area contributed by atoms with Gasteiger partial charge in [0.05, 0.1) is 17.4 Å². The van der Waals surface area contributed by atoms with Gasteiger partial charge in [0.25, 0.3) is 0 Å². The molecular formula is C14H17BrN2O. The lowest BCUT2D eigenvalue weighted by Gasteiger charge is -2.26. The number of halogens is 1. The number of hydrogen-bond donors (Lipinski definition) is 2. The Kier molecular flexibility index (Phi) is 4.62. The molecule has 0 atom stereocenters. The summed E-state index contributed by atoms with van der Waals surface area (Å²) in [6.07, 6.45) is 3.81. The van der Waals surface area contributed by atoms with Crippen molar-refractivity contribution >= 4 is 21.6 Å². The topological polar surface area (TPSA) is 56.0 Å². The SMILES string of the molecule is N#Cc1ccc(Br)cc1NCC1CCC(O)CC1. The molecule has 0 heterocycles. The first kappa shape index (κ1) is 13.4. The van der Waals surface area contributed by atoms with Gasteiger partial charge in [-0.05, 0) is 49.8 Å². The Morgan fingerprint density at radius 2 is 2.06 bits per heavy atom.